The average molecular weight is 239 g/mol. The van der Waals surface area contributed by atoms with Gasteiger partial charge in [-0.3, -0.25) is 4.79 Å². The minimum Gasteiger partial charge on any atom is -0.355 e. The van der Waals surface area contributed by atoms with E-state index in [-0.39, 0.29) is 5.91 Å². The molecule has 0 unspecified atom stereocenters. The molecule has 0 bridgehead atoms. The number of rotatable bonds is 8. The first kappa shape index (κ1) is 15.0. The molecule has 0 aromatic rings. The summed E-state index contributed by atoms with van der Waals surface area (Å²) in [6, 6.07) is 0. The van der Waals surface area contributed by atoms with Crippen molar-refractivity contribution < 1.29 is 4.79 Å². The van der Waals surface area contributed by atoms with Crippen LogP contribution in [0.25, 0.3) is 0 Å². The summed E-state index contributed by atoms with van der Waals surface area (Å²) in [6.45, 7) is 6.38. The van der Waals surface area contributed by atoms with Crippen LogP contribution in [0.15, 0.2) is 36.5 Å². The van der Waals surface area contributed by atoms with Crippen LogP contribution in [-0.4, -0.2) is 24.5 Å². The molecule has 2 nitrogen and oxygen atoms in total. The highest BCUT2D eigenvalue weighted by Gasteiger charge is 2.01. The van der Waals surface area contributed by atoms with E-state index >= 15 is 0 Å². The van der Waals surface area contributed by atoms with Gasteiger partial charge < -0.3 is 5.32 Å². The van der Waals surface area contributed by atoms with Gasteiger partial charge in [0, 0.05) is 18.7 Å². The van der Waals surface area contributed by atoms with Crippen molar-refractivity contribution in [3.8, 4) is 0 Å². The zero-order chi connectivity index (χ0) is 12.2. The minimum absolute atomic E-state index is 0.119. The molecule has 0 fully saturated rings. The fourth-order valence-corrected chi connectivity index (χ4v) is 1.53. The maximum Gasteiger partial charge on any atom is 0.220 e. The molecule has 0 aliphatic heterocycles. The van der Waals surface area contributed by atoms with Crippen LogP contribution in [0.4, 0.5) is 0 Å². The Kier molecular flexibility index (Phi) is 9.92. The second-order valence-corrected chi connectivity index (χ2v) is 4.31. The number of hydrogen-bond donors (Lipinski definition) is 1. The van der Waals surface area contributed by atoms with Crippen LogP contribution in [-0.2, 0) is 4.79 Å². The third-order valence-electron chi connectivity index (χ3n) is 1.98. The first-order valence-corrected chi connectivity index (χ1v) is 6.84. The Morgan fingerprint density at radius 1 is 1.44 bits per heavy atom. The van der Waals surface area contributed by atoms with E-state index in [0.717, 1.165) is 24.3 Å². The summed E-state index contributed by atoms with van der Waals surface area (Å²) in [7, 11) is 0. The fourth-order valence-electron chi connectivity index (χ4n) is 1.23. The second kappa shape index (κ2) is 10.6. The van der Waals surface area contributed by atoms with Gasteiger partial charge in [0.1, 0.15) is 0 Å². The molecule has 0 heterocycles. The van der Waals surface area contributed by atoms with E-state index < -0.39 is 0 Å². The van der Waals surface area contributed by atoms with Crippen LogP contribution in [0.3, 0.4) is 0 Å². The highest BCUT2D eigenvalue weighted by molar-refractivity contribution is 7.98. The molecule has 0 saturated heterocycles. The monoisotopic (exact) mass is 239 g/mol. The number of carbonyl (C=O) groups is 1. The van der Waals surface area contributed by atoms with Crippen molar-refractivity contribution in [3.05, 3.63) is 36.5 Å². The molecule has 0 aliphatic rings. The molecule has 16 heavy (non-hydrogen) atoms. The lowest BCUT2D eigenvalue weighted by molar-refractivity contribution is -0.120. The Balaban J connectivity index is 3.87. The molecule has 0 aromatic carbocycles. The molecule has 3 heteroatoms. The topological polar surface area (TPSA) is 29.1 Å². The van der Waals surface area contributed by atoms with E-state index in [1.807, 2.05) is 31.4 Å². The largest absolute Gasteiger partial charge is 0.355 e. The van der Waals surface area contributed by atoms with Crippen molar-refractivity contribution in [2.75, 3.05) is 18.6 Å². The van der Waals surface area contributed by atoms with Gasteiger partial charge in [-0.15, -0.1) is 0 Å². The van der Waals surface area contributed by atoms with Gasteiger partial charge in [0.05, 0.1) is 0 Å². The third kappa shape index (κ3) is 8.36. The van der Waals surface area contributed by atoms with Gasteiger partial charge >= 0.3 is 0 Å². The molecule has 1 amide bonds. The Morgan fingerprint density at radius 2 is 2.19 bits per heavy atom. The van der Waals surface area contributed by atoms with Crippen LogP contribution in [0.5, 0.6) is 0 Å². The normalized spacial score (nSPS) is 11.8. The number of allylic oxidation sites excluding steroid dienone is 5. The molecule has 0 saturated carbocycles. The smallest absolute Gasteiger partial charge is 0.220 e. The summed E-state index contributed by atoms with van der Waals surface area (Å²) >= 11 is 1.73. The van der Waals surface area contributed by atoms with Gasteiger partial charge in [-0.2, -0.15) is 11.8 Å². The molecule has 0 radical (unpaired) electrons. The lowest BCUT2D eigenvalue weighted by atomic mass is 10.1. The van der Waals surface area contributed by atoms with Crippen molar-refractivity contribution in [3.63, 3.8) is 0 Å². The molecule has 0 rings (SSSR count). The summed E-state index contributed by atoms with van der Waals surface area (Å²) in [4.78, 5) is 11.4. The van der Waals surface area contributed by atoms with Crippen LogP contribution in [0.1, 0.15) is 19.8 Å². The standard InChI is InChI=1S/C13H21NOS/c1-4-6-12(7-5-2)8-9-13(15)14-10-11-16-3/h4-7H,1,8-11H2,2-3H3,(H,14,15)/b7-5-,12-6+. The van der Waals surface area contributed by atoms with Gasteiger partial charge in [-0.1, -0.05) is 30.9 Å². The quantitative estimate of drug-likeness (QED) is 0.521. The van der Waals surface area contributed by atoms with Crippen molar-refractivity contribution in [2.45, 2.75) is 19.8 Å². The molecule has 0 atom stereocenters. The third-order valence-corrected chi connectivity index (χ3v) is 2.59. The van der Waals surface area contributed by atoms with Crippen LogP contribution in [0.2, 0.25) is 0 Å². The minimum atomic E-state index is 0.119. The number of hydrogen-bond acceptors (Lipinski definition) is 2. The predicted octanol–water partition coefficient (Wildman–Crippen LogP) is 2.93. The summed E-state index contributed by atoms with van der Waals surface area (Å²) < 4.78 is 0. The first-order chi connectivity index (χ1) is 7.74. The van der Waals surface area contributed by atoms with Gasteiger partial charge in [0.25, 0.3) is 0 Å². The van der Waals surface area contributed by atoms with Crippen LogP contribution >= 0.6 is 11.8 Å². The molecule has 90 valence electrons. The summed E-state index contributed by atoms with van der Waals surface area (Å²) in [5, 5.41) is 2.89. The number of amides is 1. The van der Waals surface area contributed by atoms with E-state index in [0.29, 0.717) is 6.42 Å². The maximum absolute atomic E-state index is 11.4. The Bertz CT molecular complexity index is 269. The SMILES string of the molecule is C=C/C=C(\C=C/C)CCC(=O)NCCSC. The van der Waals surface area contributed by atoms with Gasteiger partial charge in [-0.25, -0.2) is 0 Å². The summed E-state index contributed by atoms with van der Waals surface area (Å²) in [5.74, 6) is 1.09. The average Bonchev–Trinajstić information content (AvgIpc) is 2.27. The van der Waals surface area contributed by atoms with Gasteiger partial charge in [0.15, 0.2) is 0 Å². The lowest BCUT2D eigenvalue weighted by Crippen LogP contribution is -2.25. The van der Waals surface area contributed by atoms with E-state index in [9.17, 15) is 4.79 Å². The Morgan fingerprint density at radius 3 is 2.75 bits per heavy atom. The maximum atomic E-state index is 11.4. The van der Waals surface area contributed by atoms with Crippen molar-refractivity contribution >= 4 is 17.7 Å². The zero-order valence-corrected chi connectivity index (χ0v) is 11.0. The van der Waals surface area contributed by atoms with Crippen LogP contribution < -0.4 is 5.32 Å². The van der Waals surface area contributed by atoms with E-state index in [1.165, 1.54) is 0 Å². The Hall–Kier alpha value is -0.960. The van der Waals surface area contributed by atoms with Crippen LogP contribution in [0, 0.1) is 0 Å². The zero-order valence-electron chi connectivity index (χ0n) is 10.2. The second-order valence-electron chi connectivity index (χ2n) is 3.32. The Labute approximate surface area is 103 Å². The first-order valence-electron chi connectivity index (χ1n) is 5.44. The number of carbonyl (C=O) groups excluding carboxylic acids is 1. The fraction of sp³-hybridized carbons (Fsp3) is 0.462. The molecular formula is C13H21NOS. The molecule has 1 N–H and O–H groups in total. The van der Waals surface area contributed by atoms with E-state index in [2.05, 4.69) is 11.9 Å². The van der Waals surface area contributed by atoms with Crippen molar-refractivity contribution in [1.29, 1.82) is 0 Å². The molecule has 0 spiro atoms. The number of nitrogens with one attached hydrogen (secondary N) is 1. The van der Waals surface area contributed by atoms with Crippen molar-refractivity contribution in [1.82, 2.24) is 5.32 Å². The highest BCUT2D eigenvalue weighted by Crippen LogP contribution is 2.07. The predicted molar refractivity (Wildman–Crippen MR) is 73.7 cm³/mol. The van der Waals surface area contributed by atoms with E-state index in [1.54, 1.807) is 17.8 Å². The highest BCUT2D eigenvalue weighted by atomic mass is 32.2. The lowest BCUT2D eigenvalue weighted by Gasteiger charge is -2.04. The molecule has 0 aliphatic carbocycles. The van der Waals surface area contributed by atoms with E-state index in [4.69, 9.17) is 0 Å². The molecule has 0 aromatic heterocycles. The number of thioether (sulfide) groups is 1. The molecular weight excluding hydrogens is 218 g/mol. The van der Waals surface area contributed by atoms with Crippen molar-refractivity contribution in [2.24, 2.45) is 0 Å². The summed E-state index contributed by atoms with van der Waals surface area (Å²) in [6.07, 6.45) is 11.0. The summed E-state index contributed by atoms with van der Waals surface area (Å²) in [5.41, 5.74) is 1.14. The van der Waals surface area contributed by atoms with Gasteiger partial charge in [0.2, 0.25) is 5.91 Å². The van der Waals surface area contributed by atoms with Gasteiger partial charge in [-0.05, 0) is 25.2 Å².